The third kappa shape index (κ3) is 10.4. The van der Waals surface area contributed by atoms with E-state index in [9.17, 15) is 35.5 Å². The minimum Gasteiger partial charge on any atom is -0.344 e. The molecule has 0 saturated carbocycles. The first-order chi connectivity index (χ1) is 27.9. The first-order valence-corrected chi connectivity index (χ1v) is 22.3. The normalized spacial score (nSPS) is 19.9. The topological polar surface area (TPSA) is 211 Å². The molecule has 2 N–H and O–H groups in total. The molecule has 4 aliphatic rings. The monoisotopic (exact) mass is 863 g/mol. The maximum absolute atomic E-state index is 12.2. The van der Waals surface area contributed by atoms with Crippen molar-refractivity contribution in [2.75, 3.05) is 44.4 Å². The highest BCUT2D eigenvalue weighted by molar-refractivity contribution is 7.86. The van der Waals surface area contributed by atoms with Crippen molar-refractivity contribution in [2.24, 2.45) is 0 Å². The molecule has 4 heterocycles. The molecule has 20 heteroatoms. The van der Waals surface area contributed by atoms with Gasteiger partial charge in [-0.25, -0.2) is 19.4 Å². The summed E-state index contributed by atoms with van der Waals surface area (Å²) in [6.07, 6.45) is 9.99. The van der Waals surface area contributed by atoms with E-state index in [1.807, 2.05) is 45.9 Å². The Balaban J connectivity index is 1.23. The van der Waals surface area contributed by atoms with E-state index in [0.29, 0.717) is 89.2 Å². The van der Waals surface area contributed by atoms with Crippen molar-refractivity contribution in [3.63, 3.8) is 0 Å². The van der Waals surface area contributed by atoms with Crippen molar-refractivity contribution in [1.82, 2.24) is 10.8 Å². The van der Waals surface area contributed by atoms with Gasteiger partial charge in [-0.2, -0.15) is 21.4 Å². The maximum Gasteiger partial charge on any atom is 0.330 e. The van der Waals surface area contributed by atoms with E-state index in [0.717, 1.165) is 33.6 Å². The predicted octanol–water partition coefficient (Wildman–Crippen LogP) is 5.19. The molecule has 2 aromatic rings. The molecule has 322 valence electrons. The second-order valence-electron chi connectivity index (χ2n) is 15.5. The lowest BCUT2D eigenvalue weighted by Gasteiger charge is -2.27. The second-order valence-corrected chi connectivity index (χ2v) is 18.3. The Bertz CT molecular complexity index is 2230. The van der Waals surface area contributed by atoms with Crippen LogP contribution in [0.5, 0.6) is 0 Å². The van der Waals surface area contributed by atoms with Crippen LogP contribution >= 0.6 is 0 Å². The van der Waals surface area contributed by atoms with Gasteiger partial charge in [0.25, 0.3) is 20.2 Å². The zero-order valence-electron chi connectivity index (χ0n) is 33.5. The van der Waals surface area contributed by atoms with Gasteiger partial charge in [-0.3, -0.25) is 18.7 Å². The Morgan fingerprint density at radius 1 is 0.729 bits per heavy atom. The number of anilines is 1. The summed E-state index contributed by atoms with van der Waals surface area (Å²) in [6, 6.07) is 9.11. The summed E-state index contributed by atoms with van der Waals surface area (Å²) in [5.74, 6) is -0.964. The number of allylic oxidation sites excluding steroid dienone is 4. The lowest BCUT2D eigenvalue weighted by molar-refractivity contribution is -0.460. The molecular formula is C39H51N4O14S2+. The number of fused-ring (bicyclic) bond motifs is 2. The summed E-state index contributed by atoms with van der Waals surface area (Å²) in [4.78, 5) is 56.3. The van der Waals surface area contributed by atoms with Crippen LogP contribution in [0.2, 0.25) is 0 Å². The highest BCUT2D eigenvalue weighted by Gasteiger charge is 2.45. The molecule has 18 nitrogen and oxygen atoms in total. The van der Waals surface area contributed by atoms with Crippen molar-refractivity contribution in [2.45, 2.75) is 99.7 Å². The first kappa shape index (κ1) is 44.5. The molecule has 2 fully saturated rings. The molecule has 0 aromatic heterocycles. The van der Waals surface area contributed by atoms with Crippen LogP contribution < -0.4 is 4.90 Å². The maximum atomic E-state index is 12.2. The van der Waals surface area contributed by atoms with E-state index >= 15 is 0 Å². The summed E-state index contributed by atoms with van der Waals surface area (Å²) >= 11 is 0. The lowest BCUT2D eigenvalue weighted by atomic mass is 9.81. The Hall–Kier alpha value is -4.09. The number of benzene rings is 2. The van der Waals surface area contributed by atoms with Gasteiger partial charge in [-0.15, -0.1) is 0 Å². The number of hydrogen-bond acceptors (Lipinski definition) is 15. The fourth-order valence-corrected chi connectivity index (χ4v) is 8.67. The average molecular weight is 864 g/mol. The summed E-state index contributed by atoms with van der Waals surface area (Å²) < 4.78 is 70.6. The zero-order valence-corrected chi connectivity index (χ0v) is 35.1. The van der Waals surface area contributed by atoms with Crippen LogP contribution in [0.15, 0.2) is 70.1 Å². The van der Waals surface area contributed by atoms with E-state index in [4.69, 9.17) is 29.0 Å². The van der Waals surface area contributed by atoms with Crippen molar-refractivity contribution in [3.8, 4) is 0 Å². The minimum absolute atomic E-state index is 0.156. The third-order valence-corrected chi connectivity index (χ3v) is 12.4. The summed E-state index contributed by atoms with van der Waals surface area (Å²) in [5.41, 5.74) is 3.34. The molecule has 0 spiro atoms. The molecule has 59 heavy (non-hydrogen) atoms. The van der Waals surface area contributed by atoms with Gasteiger partial charge in [-0.1, -0.05) is 26.3 Å². The molecule has 0 aliphatic carbocycles. The number of carbonyl (C=O) groups excluding carboxylic acids is 2. The van der Waals surface area contributed by atoms with Crippen molar-refractivity contribution in [3.05, 3.63) is 71.5 Å². The van der Waals surface area contributed by atoms with Gasteiger partial charge < -0.3 is 14.6 Å². The van der Waals surface area contributed by atoms with Gasteiger partial charge in [0.1, 0.15) is 43.8 Å². The van der Waals surface area contributed by atoms with Crippen LogP contribution in [0.3, 0.4) is 0 Å². The van der Waals surface area contributed by atoms with Crippen LogP contribution in [-0.2, 0) is 69.7 Å². The number of rotatable bonds is 18. The van der Waals surface area contributed by atoms with Crippen LogP contribution in [-0.4, -0.2) is 98.5 Å². The third-order valence-electron chi connectivity index (χ3n) is 10.7. The Labute approximate surface area is 343 Å². The SMILES string of the molecule is CC1(C)C(=CC=CC2=[N+](CCCCCC(=O)ON3OCCO3)c3ccc(S(=O)(=O)O)cc3C2(C)C)N(CCCCCC(=O)ON2OCCO2)c2ccc(S(=O)(=O)O)cc21. The molecule has 0 bridgehead atoms. The van der Waals surface area contributed by atoms with Gasteiger partial charge >= 0.3 is 11.9 Å². The lowest BCUT2D eigenvalue weighted by Crippen LogP contribution is -2.28. The smallest absolute Gasteiger partial charge is 0.330 e. The molecule has 2 aromatic carbocycles. The van der Waals surface area contributed by atoms with E-state index in [1.54, 1.807) is 12.1 Å². The summed E-state index contributed by atoms with van der Waals surface area (Å²) in [6.45, 7) is 10.2. The van der Waals surface area contributed by atoms with E-state index in [-0.39, 0.29) is 22.6 Å². The number of unbranched alkanes of at least 4 members (excludes halogenated alkanes) is 4. The zero-order chi connectivity index (χ0) is 42.6. The largest absolute Gasteiger partial charge is 0.344 e. The average Bonchev–Trinajstić information content (AvgIpc) is 3.95. The van der Waals surface area contributed by atoms with Gasteiger partial charge in [0.05, 0.1) is 15.2 Å². The Kier molecular flexibility index (Phi) is 13.8. The van der Waals surface area contributed by atoms with Crippen molar-refractivity contribution in [1.29, 1.82) is 0 Å². The highest BCUT2D eigenvalue weighted by atomic mass is 32.2. The molecular weight excluding hydrogens is 813 g/mol. The van der Waals surface area contributed by atoms with E-state index in [1.165, 1.54) is 24.3 Å². The number of nitrogens with zero attached hydrogens (tertiary/aromatic N) is 4. The molecule has 4 aliphatic heterocycles. The first-order valence-electron chi connectivity index (χ1n) is 19.5. The molecule has 6 rings (SSSR count). The standard InChI is InChI=1S/C39H50N4O14S2/c1-38(2)30-26-28(58(46,47)48)16-18-32(30)40(20-9-5-7-14-36(44)56-42-52-22-23-53-42)34(38)12-11-13-35-39(3,4)31-27-29(59(49,50)51)17-19-33(31)41(35)21-10-6-8-15-37(45)57-43-54-24-25-55-43/h11-13,16-19,26-27H,5-10,14-15,20-25H2,1-4H3,(H-,46,47,48,49,50,51)/p+1. The van der Waals surface area contributed by atoms with Crippen molar-refractivity contribution < 1.29 is 69.1 Å². The summed E-state index contributed by atoms with van der Waals surface area (Å²) in [5, 5.41) is 1.45. The molecule has 0 amide bonds. The molecule has 0 radical (unpaired) electrons. The van der Waals surface area contributed by atoms with Crippen LogP contribution in [0.1, 0.15) is 90.2 Å². The number of hydrogen-bond donors (Lipinski definition) is 2. The van der Waals surface area contributed by atoms with Gasteiger partial charge in [0, 0.05) is 60.3 Å². The summed E-state index contributed by atoms with van der Waals surface area (Å²) in [7, 11) is -8.94. The van der Waals surface area contributed by atoms with Crippen LogP contribution in [0, 0.1) is 0 Å². The van der Waals surface area contributed by atoms with Gasteiger partial charge in [0.15, 0.2) is 5.71 Å². The Morgan fingerprint density at radius 3 is 1.81 bits per heavy atom. The van der Waals surface area contributed by atoms with E-state index < -0.39 is 43.0 Å². The van der Waals surface area contributed by atoms with Gasteiger partial charge in [-0.05, 0) is 81.5 Å². The van der Waals surface area contributed by atoms with E-state index in [2.05, 4.69) is 9.48 Å². The molecule has 2 saturated heterocycles. The fraction of sp³-hybridized carbons (Fsp3) is 0.513. The van der Waals surface area contributed by atoms with Crippen LogP contribution in [0.25, 0.3) is 0 Å². The molecule has 0 atom stereocenters. The second kappa shape index (κ2) is 18.3. The van der Waals surface area contributed by atoms with Crippen LogP contribution in [0.4, 0.5) is 11.4 Å². The number of carbonyl (C=O) groups is 2. The minimum atomic E-state index is -4.47. The quantitative estimate of drug-likeness (QED) is 0.112. The fourth-order valence-electron chi connectivity index (χ4n) is 7.66. The van der Waals surface area contributed by atoms with Crippen molar-refractivity contribution >= 4 is 49.3 Å². The Morgan fingerprint density at radius 2 is 1.25 bits per heavy atom. The van der Waals surface area contributed by atoms with Gasteiger partial charge in [0.2, 0.25) is 5.69 Å². The molecule has 0 unspecified atom stereocenters. The predicted molar refractivity (Wildman–Crippen MR) is 210 cm³/mol. The highest BCUT2D eigenvalue weighted by Crippen LogP contribution is 2.49.